The van der Waals surface area contributed by atoms with Crippen LogP contribution in [0.2, 0.25) is 0 Å². The number of nitrogens with zero attached hydrogens (tertiary/aromatic N) is 3. The van der Waals surface area contributed by atoms with Crippen LogP contribution in [0.3, 0.4) is 0 Å². The Morgan fingerprint density at radius 1 is 1.17 bits per heavy atom. The van der Waals surface area contributed by atoms with Crippen LogP contribution in [-0.2, 0) is 18.4 Å². The maximum atomic E-state index is 13.6. The number of hydrogen-bond acceptors (Lipinski definition) is 4. The second-order valence-corrected chi connectivity index (χ2v) is 6.50. The molecule has 0 aliphatic rings. The molecule has 0 spiro atoms. The van der Waals surface area contributed by atoms with E-state index < -0.39 is 11.7 Å². The predicted octanol–water partition coefficient (Wildman–Crippen LogP) is 2.85. The van der Waals surface area contributed by atoms with Gasteiger partial charge >= 0.3 is 0 Å². The maximum Gasteiger partial charge on any atom is 0.262 e. The van der Waals surface area contributed by atoms with Gasteiger partial charge in [-0.25, -0.2) is 4.39 Å². The molecule has 0 saturated carbocycles. The van der Waals surface area contributed by atoms with Gasteiger partial charge in [0.2, 0.25) is 0 Å². The number of para-hydroxylation sites is 2. The lowest BCUT2D eigenvalue weighted by atomic mass is 10.1. The molecular formula is C21H21FN4O3. The fraction of sp³-hybridized carbons (Fsp3) is 0.190. The van der Waals surface area contributed by atoms with Crippen molar-refractivity contribution in [2.75, 3.05) is 19.0 Å². The van der Waals surface area contributed by atoms with Gasteiger partial charge in [0.05, 0.1) is 17.4 Å². The van der Waals surface area contributed by atoms with Gasteiger partial charge in [-0.2, -0.15) is 5.10 Å². The number of amides is 2. The van der Waals surface area contributed by atoms with Crippen LogP contribution >= 0.6 is 0 Å². The Balaban J connectivity index is 1.64. The lowest BCUT2D eigenvalue weighted by molar-refractivity contribution is -0.118. The van der Waals surface area contributed by atoms with Crippen molar-refractivity contribution in [3.63, 3.8) is 0 Å². The topological polar surface area (TPSA) is 76.5 Å². The molecule has 150 valence electrons. The summed E-state index contributed by atoms with van der Waals surface area (Å²) in [6, 6.07) is 12.5. The number of anilines is 1. The summed E-state index contributed by atoms with van der Waals surface area (Å²) in [7, 11) is 3.48. The van der Waals surface area contributed by atoms with Crippen molar-refractivity contribution in [2.45, 2.75) is 6.54 Å². The number of aromatic nitrogens is 2. The van der Waals surface area contributed by atoms with E-state index in [0.717, 1.165) is 5.56 Å². The molecule has 0 atom stereocenters. The predicted molar refractivity (Wildman–Crippen MR) is 106 cm³/mol. The second kappa shape index (κ2) is 9.01. The third kappa shape index (κ3) is 5.19. The van der Waals surface area contributed by atoms with E-state index in [9.17, 15) is 14.0 Å². The molecule has 1 aromatic heterocycles. The zero-order chi connectivity index (χ0) is 20.8. The van der Waals surface area contributed by atoms with Crippen molar-refractivity contribution in [1.82, 2.24) is 14.7 Å². The number of carbonyl (C=O) groups excluding carboxylic acids is 2. The largest absolute Gasteiger partial charge is 0.483 e. The molecule has 1 heterocycles. The van der Waals surface area contributed by atoms with Crippen molar-refractivity contribution in [1.29, 1.82) is 0 Å². The van der Waals surface area contributed by atoms with Gasteiger partial charge in [-0.05, 0) is 24.3 Å². The van der Waals surface area contributed by atoms with E-state index in [1.165, 1.54) is 18.2 Å². The number of ether oxygens (including phenoxy) is 1. The third-order valence-electron chi connectivity index (χ3n) is 4.15. The molecule has 0 fully saturated rings. The van der Waals surface area contributed by atoms with Crippen molar-refractivity contribution >= 4 is 17.5 Å². The molecular weight excluding hydrogens is 375 g/mol. The summed E-state index contributed by atoms with van der Waals surface area (Å²) in [6.07, 6.45) is 3.53. The van der Waals surface area contributed by atoms with Crippen molar-refractivity contribution in [3.05, 3.63) is 77.9 Å². The Morgan fingerprint density at radius 2 is 1.90 bits per heavy atom. The van der Waals surface area contributed by atoms with E-state index in [4.69, 9.17) is 4.74 Å². The summed E-state index contributed by atoms with van der Waals surface area (Å²) in [6.45, 7) is 0.0275. The van der Waals surface area contributed by atoms with Crippen LogP contribution in [0, 0.1) is 5.82 Å². The first-order chi connectivity index (χ1) is 13.9. The van der Waals surface area contributed by atoms with E-state index in [0.29, 0.717) is 12.1 Å². The van der Waals surface area contributed by atoms with E-state index in [2.05, 4.69) is 10.4 Å². The zero-order valence-electron chi connectivity index (χ0n) is 16.1. The third-order valence-corrected chi connectivity index (χ3v) is 4.15. The Morgan fingerprint density at radius 3 is 2.62 bits per heavy atom. The van der Waals surface area contributed by atoms with Crippen LogP contribution in [0.25, 0.3) is 0 Å². The Bertz CT molecular complexity index is 1020. The van der Waals surface area contributed by atoms with Crippen molar-refractivity contribution in [3.8, 4) is 5.75 Å². The Labute approximate surface area is 167 Å². The molecule has 2 aromatic carbocycles. The van der Waals surface area contributed by atoms with Gasteiger partial charge in [0.1, 0.15) is 11.6 Å². The van der Waals surface area contributed by atoms with Gasteiger partial charge in [-0.15, -0.1) is 0 Å². The summed E-state index contributed by atoms with van der Waals surface area (Å²) in [5, 5.41) is 6.53. The molecule has 0 aliphatic carbocycles. The summed E-state index contributed by atoms with van der Waals surface area (Å²) in [4.78, 5) is 26.5. The molecule has 0 radical (unpaired) electrons. The zero-order valence-corrected chi connectivity index (χ0v) is 16.1. The molecule has 0 saturated heterocycles. The van der Waals surface area contributed by atoms with Gasteiger partial charge in [0, 0.05) is 32.4 Å². The fourth-order valence-electron chi connectivity index (χ4n) is 2.77. The highest BCUT2D eigenvalue weighted by Gasteiger charge is 2.18. The van der Waals surface area contributed by atoms with Gasteiger partial charge in [-0.3, -0.25) is 14.3 Å². The first-order valence-electron chi connectivity index (χ1n) is 8.93. The molecule has 0 aliphatic heterocycles. The van der Waals surface area contributed by atoms with Crippen LogP contribution in [0.4, 0.5) is 10.1 Å². The molecule has 1 N–H and O–H groups in total. The summed E-state index contributed by atoms with van der Waals surface area (Å²) >= 11 is 0. The molecule has 8 heteroatoms. The number of hydrogen-bond donors (Lipinski definition) is 1. The van der Waals surface area contributed by atoms with Crippen LogP contribution in [0.15, 0.2) is 60.9 Å². The number of carbonyl (C=O) groups is 2. The minimum atomic E-state index is -0.534. The molecule has 29 heavy (non-hydrogen) atoms. The number of nitrogens with one attached hydrogen (secondary N) is 1. The monoisotopic (exact) mass is 396 g/mol. The van der Waals surface area contributed by atoms with Crippen LogP contribution in [-0.4, -0.2) is 40.1 Å². The van der Waals surface area contributed by atoms with Crippen LogP contribution < -0.4 is 10.1 Å². The number of halogens is 1. The van der Waals surface area contributed by atoms with Gasteiger partial charge in [0.25, 0.3) is 11.8 Å². The van der Waals surface area contributed by atoms with Crippen molar-refractivity contribution in [2.24, 2.45) is 7.05 Å². The minimum absolute atomic E-state index is 0.0710. The second-order valence-electron chi connectivity index (χ2n) is 6.50. The minimum Gasteiger partial charge on any atom is -0.483 e. The van der Waals surface area contributed by atoms with Crippen molar-refractivity contribution < 1.29 is 18.7 Å². The summed E-state index contributed by atoms with van der Waals surface area (Å²) in [5.41, 5.74) is 1.30. The molecule has 0 unspecified atom stereocenters. The highest BCUT2D eigenvalue weighted by Crippen LogP contribution is 2.21. The van der Waals surface area contributed by atoms with E-state index in [-0.39, 0.29) is 24.0 Å². The highest BCUT2D eigenvalue weighted by atomic mass is 19.1. The molecule has 0 bridgehead atoms. The first-order valence-corrected chi connectivity index (χ1v) is 8.93. The quantitative estimate of drug-likeness (QED) is 0.666. The smallest absolute Gasteiger partial charge is 0.262 e. The Hall–Kier alpha value is -3.68. The van der Waals surface area contributed by atoms with Gasteiger partial charge in [0.15, 0.2) is 6.61 Å². The summed E-state index contributed by atoms with van der Waals surface area (Å²) < 4.78 is 20.8. The number of rotatable bonds is 7. The molecule has 2 amide bonds. The van der Waals surface area contributed by atoms with Gasteiger partial charge in [-0.1, -0.05) is 24.3 Å². The molecule has 7 nitrogen and oxygen atoms in total. The standard InChI is InChI=1S/C21H21FN4O3/c1-25(12-15-11-23-26(2)13-15)21(28)16-7-3-6-10-19(16)29-14-20(27)24-18-9-5-4-8-17(18)22/h3-11,13H,12,14H2,1-2H3,(H,24,27). The van der Waals surface area contributed by atoms with Crippen LogP contribution in [0.1, 0.15) is 15.9 Å². The fourth-order valence-corrected chi connectivity index (χ4v) is 2.77. The summed E-state index contributed by atoms with van der Waals surface area (Å²) in [5.74, 6) is -1.03. The lowest BCUT2D eigenvalue weighted by Gasteiger charge is -2.18. The van der Waals surface area contributed by atoms with E-state index in [1.54, 1.807) is 60.2 Å². The normalized spacial score (nSPS) is 10.4. The first kappa shape index (κ1) is 20.1. The Kier molecular flexibility index (Phi) is 6.23. The van der Waals surface area contributed by atoms with Crippen LogP contribution in [0.5, 0.6) is 5.75 Å². The highest BCUT2D eigenvalue weighted by molar-refractivity contribution is 5.97. The SMILES string of the molecule is CN(Cc1cnn(C)c1)C(=O)c1ccccc1OCC(=O)Nc1ccccc1F. The van der Waals surface area contributed by atoms with E-state index in [1.807, 2.05) is 6.20 Å². The molecule has 3 aromatic rings. The average molecular weight is 396 g/mol. The molecule has 3 rings (SSSR count). The van der Waals surface area contributed by atoms with Gasteiger partial charge < -0.3 is 15.0 Å². The number of aryl methyl sites for hydroxylation is 1. The van der Waals surface area contributed by atoms with E-state index >= 15 is 0 Å². The lowest BCUT2D eigenvalue weighted by Crippen LogP contribution is -2.27. The maximum absolute atomic E-state index is 13.6. The number of benzene rings is 2. The average Bonchev–Trinajstić information content (AvgIpc) is 3.12.